The van der Waals surface area contributed by atoms with Gasteiger partial charge in [0.1, 0.15) is 11.9 Å². The van der Waals surface area contributed by atoms with Crippen LogP contribution in [-0.4, -0.2) is 128 Å². The van der Waals surface area contributed by atoms with Crippen LogP contribution in [0.2, 0.25) is 0 Å². The number of aromatic nitrogens is 1. The Morgan fingerprint density at radius 1 is 0.735 bits per heavy atom. The molecule has 0 amide bonds. The summed E-state index contributed by atoms with van der Waals surface area (Å²) in [6.45, 7) is 12.5. The normalized spacial score (nSPS) is 13.0. The molecule has 0 saturated heterocycles. The van der Waals surface area contributed by atoms with E-state index in [0.717, 1.165) is 47.8 Å². The van der Waals surface area contributed by atoms with Crippen molar-refractivity contribution in [2.75, 3.05) is 110 Å². The molecule has 0 aliphatic carbocycles. The third kappa shape index (κ3) is 19.2. The highest BCUT2D eigenvalue weighted by atomic mass is 32.1. The summed E-state index contributed by atoms with van der Waals surface area (Å²) in [6.07, 6.45) is 5.50. The van der Waals surface area contributed by atoms with Gasteiger partial charge in [0.25, 0.3) is 0 Å². The molecule has 0 radical (unpaired) electrons. The highest BCUT2D eigenvalue weighted by Crippen LogP contribution is 2.31. The summed E-state index contributed by atoms with van der Waals surface area (Å²) in [5.74, 6) is 0. The van der Waals surface area contributed by atoms with Crippen molar-refractivity contribution in [3.05, 3.63) is 35.3 Å². The van der Waals surface area contributed by atoms with Crippen LogP contribution in [0.4, 0.5) is 16.5 Å². The van der Waals surface area contributed by atoms with Crippen molar-refractivity contribution in [3.63, 3.8) is 0 Å². The molecule has 14 heteroatoms. The number of anilines is 1. The van der Waals surface area contributed by atoms with E-state index in [0.29, 0.717) is 85.8 Å². The van der Waals surface area contributed by atoms with E-state index in [4.69, 9.17) is 43.4 Å². The van der Waals surface area contributed by atoms with Gasteiger partial charge in [0.15, 0.2) is 0 Å². The van der Waals surface area contributed by atoms with Gasteiger partial charge in [0.2, 0.25) is 0 Å². The summed E-state index contributed by atoms with van der Waals surface area (Å²) in [4.78, 5) is 2.26. The first-order chi connectivity index (χ1) is 24.0. The number of rotatable bonds is 32. The van der Waals surface area contributed by atoms with Gasteiger partial charge in [-0.05, 0) is 48.3 Å². The molecular weight excluding hydrogens is 652 g/mol. The van der Waals surface area contributed by atoms with Gasteiger partial charge in [-0.2, -0.15) is 0 Å². The van der Waals surface area contributed by atoms with Crippen LogP contribution in [0, 0.1) is 6.92 Å². The molecule has 280 valence electrons. The molecule has 2 N–H and O–H groups in total. The van der Waals surface area contributed by atoms with E-state index in [2.05, 4.69) is 42.0 Å². The van der Waals surface area contributed by atoms with E-state index in [1.165, 1.54) is 11.3 Å². The van der Waals surface area contributed by atoms with E-state index < -0.39 is 0 Å². The predicted octanol–water partition coefficient (Wildman–Crippen LogP) is 4.54. The molecule has 0 bridgehead atoms. The molecule has 0 aliphatic heterocycles. The van der Waals surface area contributed by atoms with E-state index in [-0.39, 0.29) is 32.0 Å². The molecule has 0 saturated carbocycles. The Morgan fingerprint density at radius 3 is 1.80 bits per heavy atom. The van der Waals surface area contributed by atoms with Gasteiger partial charge in [-0.3, -0.25) is 0 Å². The van der Waals surface area contributed by atoms with Gasteiger partial charge in [0, 0.05) is 42.9 Å². The zero-order chi connectivity index (χ0) is 35.4. The number of ether oxygens (including phenoxy) is 7. The molecule has 2 unspecified atom stereocenters. The largest absolute Gasteiger partial charge is 0.408 e. The Hall–Kier alpha value is -2.11. The molecule has 0 spiro atoms. The zero-order valence-corrected chi connectivity index (χ0v) is 30.9. The fraction of sp³-hybridized carbons (Fsp3) is 0.743. The zero-order valence-electron chi connectivity index (χ0n) is 30.1. The summed E-state index contributed by atoms with van der Waals surface area (Å²) in [6, 6.07) is 6.05. The molecule has 1 heterocycles. The molecule has 1 aromatic carbocycles. The Kier molecular flexibility index (Phi) is 25.1. The molecule has 2 aromatic rings. The number of hydrogen-bond acceptors (Lipinski definition) is 13. The lowest BCUT2D eigenvalue weighted by Crippen LogP contribution is -2.44. The lowest BCUT2D eigenvalue weighted by molar-refractivity contribution is -0.654. The lowest BCUT2D eigenvalue weighted by atomic mass is 10.1. The Balaban J connectivity index is 2.30. The fourth-order valence-electron chi connectivity index (χ4n) is 4.68. The maximum Gasteiger partial charge on any atom is 0.408 e. The number of nitrogens with zero attached hydrogens (tertiary/aromatic N) is 4. The number of benzene rings is 1. The molecule has 2 atom stereocenters. The van der Waals surface area contributed by atoms with E-state index in [1.54, 1.807) is 0 Å². The van der Waals surface area contributed by atoms with Gasteiger partial charge >= 0.3 is 5.13 Å². The highest BCUT2D eigenvalue weighted by molar-refractivity contribution is 7.12. The SMILES string of the molecule is CCCCOCC(CN(CC(COCCCC)OCCOCCOCCO)c1cccc(N=Nc2scc[n+]2C)c1C)OCCOCCO. The van der Waals surface area contributed by atoms with Crippen LogP contribution in [0.3, 0.4) is 0 Å². The number of aliphatic hydroxyl groups excluding tert-OH is 2. The van der Waals surface area contributed by atoms with Gasteiger partial charge in [0.05, 0.1) is 104 Å². The molecule has 0 aliphatic rings. The summed E-state index contributed by atoms with van der Waals surface area (Å²) >= 11 is 1.53. The standard InChI is InChI=1S/C35H61N4O9S/c1-5-7-15-45-28-31(47-23-21-43-18-14-41)26-39(34-11-9-10-33(30(34)3)36-37-35-38(4)12-25-49-35)27-32(29-46-16-8-6-2)48-24-22-44-20-19-42-17-13-40/h9-12,25,31-32,40-41H,5-8,13-24,26-29H2,1-4H3/q+1. The monoisotopic (exact) mass is 713 g/mol. The second kappa shape index (κ2) is 28.6. The molecular formula is C35H61N4O9S+. The summed E-state index contributed by atoms with van der Waals surface area (Å²) in [7, 11) is 1.95. The van der Waals surface area contributed by atoms with Crippen LogP contribution < -0.4 is 9.47 Å². The van der Waals surface area contributed by atoms with Gasteiger partial charge in [-0.15, -0.1) is 0 Å². The second-order valence-corrected chi connectivity index (χ2v) is 12.3. The lowest BCUT2D eigenvalue weighted by Gasteiger charge is -2.33. The van der Waals surface area contributed by atoms with Crippen molar-refractivity contribution >= 4 is 27.8 Å². The van der Waals surface area contributed by atoms with E-state index in [9.17, 15) is 0 Å². The van der Waals surface area contributed by atoms with Crippen LogP contribution in [0.5, 0.6) is 0 Å². The van der Waals surface area contributed by atoms with Crippen LogP contribution >= 0.6 is 11.3 Å². The van der Waals surface area contributed by atoms with Crippen molar-refractivity contribution in [1.82, 2.24) is 0 Å². The third-order valence-corrected chi connectivity index (χ3v) is 8.20. The highest BCUT2D eigenvalue weighted by Gasteiger charge is 2.23. The molecule has 49 heavy (non-hydrogen) atoms. The second-order valence-electron chi connectivity index (χ2n) is 11.4. The quantitative estimate of drug-likeness (QED) is 0.0632. The molecule has 2 rings (SSSR count). The Bertz CT molecular complexity index is 1110. The number of thiazole rings is 1. The minimum atomic E-state index is -0.256. The molecule has 1 aromatic heterocycles. The fourth-order valence-corrected chi connectivity index (χ4v) is 5.36. The summed E-state index contributed by atoms with van der Waals surface area (Å²) in [5, 5.41) is 29.9. The van der Waals surface area contributed by atoms with Crippen molar-refractivity contribution in [1.29, 1.82) is 0 Å². The van der Waals surface area contributed by atoms with Crippen molar-refractivity contribution in [2.45, 2.75) is 58.7 Å². The summed E-state index contributed by atoms with van der Waals surface area (Å²) < 4.78 is 43.2. The number of hydrogen-bond donors (Lipinski definition) is 2. The topological polar surface area (TPSA) is 137 Å². The van der Waals surface area contributed by atoms with Crippen molar-refractivity contribution < 1.29 is 47.9 Å². The third-order valence-electron chi connectivity index (χ3n) is 7.37. The predicted molar refractivity (Wildman–Crippen MR) is 191 cm³/mol. The van der Waals surface area contributed by atoms with Crippen LogP contribution in [0.25, 0.3) is 0 Å². The maximum atomic E-state index is 9.10. The van der Waals surface area contributed by atoms with Crippen LogP contribution in [-0.2, 0) is 40.2 Å². The Morgan fingerprint density at radius 2 is 1.29 bits per heavy atom. The molecule has 0 fully saturated rings. The summed E-state index contributed by atoms with van der Waals surface area (Å²) in [5.41, 5.74) is 2.75. The minimum absolute atomic E-state index is 0.00774. The average Bonchev–Trinajstić information content (AvgIpc) is 3.52. The minimum Gasteiger partial charge on any atom is -0.394 e. The average molecular weight is 714 g/mol. The first-order valence-electron chi connectivity index (χ1n) is 17.6. The van der Waals surface area contributed by atoms with Gasteiger partial charge < -0.3 is 48.3 Å². The number of unbranched alkanes of at least 4 members (excludes halogenated alkanes) is 2. The first kappa shape index (κ1) is 43.1. The van der Waals surface area contributed by atoms with Crippen LogP contribution in [0.15, 0.2) is 40.0 Å². The number of aliphatic hydroxyl groups is 2. The maximum absolute atomic E-state index is 9.10. The van der Waals surface area contributed by atoms with Crippen molar-refractivity contribution in [3.8, 4) is 0 Å². The first-order valence-corrected chi connectivity index (χ1v) is 18.4. The van der Waals surface area contributed by atoms with E-state index >= 15 is 0 Å². The van der Waals surface area contributed by atoms with Gasteiger partial charge in [-0.1, -0.05) is 32.8 Å². The van der Waals surface area contributed by atoms with Crippen molar-refractivity contribution in [2.24, 2.45) is 17.3 Å². The Labute approximate surface area is 297 Å². The van der Waals surface area contributed by atoms with Gasteiger partial charge in [-0.25, -0.2) is 4.57 Å². The van der Waals surface area contributed by atoms with E-state index in [1.807, 2.05) is 35.3 Å². The smallest absolute Gasteiger partial charge is 0.394 e. The molecule has 13 nitrogen and oxygen atoms in total. The number of aryl methyl sites for hydroxylation is 1. The van der Waals surface area contributed by atoms with Crippen LogP contribution in [0.1, 0.15) is 45.1 Å². The number of azo groups is 1.